The van der Waals surface area contributed by atoms with E-state index in [9.17, 15) is 14.4 Å². The van der Waals surface area contributed by atoms with Crippen molar-refractivity contribution in [3.05, 3.63) is 48.0 Å². The molecule has 0 atom stereocenters. The molecular formula is C24H25N3O5. The Hall–Kier alpha value is -3.55. The Labute approximate surface area is 186 Å². The fourth-order valence-electron chi connectivity index (χ4n) is 4.45. The Kier molecular flexibility index (Phi) is 5.43. The second-order valence-electron chi connectivity index (χ2n) is 8.32. The maximum Gasteiger partial charge on any atom is 0.253 e. The van der Waals surface area contributed by atoms with Crippen LogP contribution in [0.15, 0.2) is 42.5 Å². The van der Waals surface area contributed by atoms with Crippen molar-refractivity contribution < 1.29 is 23.9 Å². The first-order valence-electron chi connectivity index (χ1n) is 11.0. The van der Waals surface area contributed by atoms with Gasteiger partial charge < -0.3 is 24.6 Å². The van der Waals surface area contributed by atoms with E-state index < -0.39 is 0 Å². The number of anilines is 2. The predicted octanol–water partition coefficient (Wildman–Crippen LogP) is 3.03. The van der Waals surface area contributed by atoms with Gasteiger partial charge in [0.25, 0.3) is 5.91 Å². The number of hydrogen-bond acceptors (Lipinski definition) is 5. The van der Waals surface area contributed by atoms with Crippen molar-refractivity contribution in [3.63, 3.8) is 0 Å². The van der Waals surface area contributed by atoms with Crippen molar-refractivity contribution in [3.8, 4) is 11.5 Å². The van der Waals surface area contributed by atoms with Gasteiger partial charge in [0.05, 0.1) is 0 Å². The fourth-order valence-corrected chi connectivity index (χ4v) is 4.45. The number of nitrogens with zero attached hydrogens (tertiary/aromatic N) is 2. The van der Waals surface area contributed by atoms with Gasteiger partial charge in [0.15, 0.2) is 11.5 Å². The number of rotatable bonds is 4. The molecule has 166 valence electrons. The van der Waals surface area contributed by atoms with Gasteiger partial charge >= 0.3 is 0 Å². The number of ether oxygens (including phenoxy) is 2. The Morgan fingerprint density at radius 1 is 0.938 bits per heavy atom. The fraction of sp³-hybridized carbons (Fsp3) is 0.375. The molecule has 32 heavy (non-hydrogen) atoms. The molecule has 2 saturated heterocycles. The second-order valence-corrected chi connectivity index (χ2v) is 8.32. The van der Waals surface area contributed by atoms with Gasteiger partial charge in [-0.2, -0.15) is 0 Å². The highest BCUT2D eigenvalue weighted by Gasteiger charge is 2.28. The summed E-state index contributed by atoms with van der Waals surface area (Å²) >= 11 is 0. The summed E-state index contributed by atoms with van der Waals surface area (Å²) in [4.78, 5) is 41.0. The monoisotopic (exact) mass is 435 g/mol. The average Bonchev–Trinajstić information content (AvgIpc) is 3.47. The Morgan fingerprint density at radius 2 is 1.69 bits per heavy atom. The lowest BCUT2D eigenvalue weighted by molar-refractivity contribution is -0.121. The highest BCUT2D eigenvalue weighted by Crippen LogP contribution is 2.34. The molecule has 3 aliphatic heterocycles. The van der Waals surface area contributed by atoms with E-state index in [1.165, 1.54) is 0 Å². The van der Waals surface area contributed by atoms with Crippen molar-refractivity contribution in [1.29, 1.82) is 0 Å². The molecule has 1 N–H and O–H groups in total. The summed E-state index contributed by atoms with van der Waals surface area (Å²) in [5.41, 5.74) is 2.11. The molecule has 2 aromatic carbocycles. The van der Waals surface area contributed by atoms with Crippen LogP contribution in [0.5, 0.6) is 11.5 Å². The van der Waals surface area contributed by atoms with E-state index in [1.54, 1.807) is 40.1 Å². The molecule has 3 heterocycles. The lowest BCUT2D eigenvalue weighted by Gasteiger charge is -2.31. The molecule has 5 rings (SSSR count). The van der Waals surface area contributed by atoms with Crippen LogP contribution in [0.2, 0.25) is 0 Å². The molecule has 0 saturated carbocycles. The number of likely N-dealkylation sites (tertiary alicyclic amines) is 1. The van der Waals surface area contributed by atoms with E-state index in [4.69, 9.17) is 9.47 Å². The number of fused-ring (bicyclic) bond motifs is 1. The third kappa shape index (κ3) is 4.00. The maximum atomic E-state index is 12.9. The summed E-state index contributed by atoms with van der Waals surface area (Å²) < 4.78 is 10.6. The molecule has 3 aliphatic rings. The van der Waals surface area contributed by atoms with Crippen molar-refractivity contribution in [2.75, 3.05) is 36.6 Å². The van der Waals surface area contributed by atoms with Gasteiger partial charge in [0.1, 0.15) is 0 Å². The summed E-state index contributed by atoms with van der Waals surface area (Å²) in [6.07, 6.45) is 2.68. The van der Waals surface area contributed by atoms with Crippen molar-refractivity contribution in [2.45, 2.75) is 25.7 Å². The lowest BCUT2D eigenvalue weighted by Crippen LogP contribution is -2.41. The quantitative estimate of drug-likeness (QED) is 0.798. The SMILES string of the molecule is O=C(Nc1ccc2c(c1)OCO2)C1CCN(C(=O)c2ccc(N3CCCC3=O)cc2)CC1. The molecule has 8 heteroatoms. The van der Waals surface area contributed by atoms with Crippen LogP contribution in [-0.2, 0) is 9.59 Å². The number of piperidine rings is 1. The van der Waals surface area contributed by atoms with E-state index in [0.29, 0.717) is 55.1 Å². The van der Waals surface area contributed by atoms with Crippen LogP contribution in [0.3, 0.4) is 0 Å². The number of benzene rings is 2. The Bertz CT molecular complexity index is 1040. The molecule has 0 bridgehead atoms. The first-order chi connectivity index (χ1) is 15.6. The molecule has 2 aromatic rings. The predicted molar refractivity (Wildman–Crippen MR) is 118 cm³/mol. The first-order valence-corrected chi connectivity index (χ1v) is 11.0. The summed E-state index contributed by atoms with van der Waals surface area (Å²) in [5, 5.41) is 2.94. The zero-order valence-corrected chi connectivity index (χ0v) is 17.7. The summed E-state index contributed by atoms with van der Waals surface area (Å²) in [6.45, 7) is 1.99. The minimum absolute atomic E-state index is 0.0427. The third-order valence-electron chi connectivity index (χ3n) is 6.29. The van der Waals surface area contributed by atoms with Crippen LogP contribution in [0.4, 0.5) is 11.4 Å². The number of carbonyl (C=O) groups is 3. The average molecular weight is 435 g/mol. The first kappa shape index (κ1) is 20.4. The zero-order valence-electron chi connectivity index (χ0n) is 17.7. The molecule has 3 amide bonds. The molecule has 0 spiro atoms. The minimum Gasteiger partial charge on any atom is -0.454 e. The Balaban J connectivity index is 1.15. The van der Waals surface area contributed by atoms with Gasteiger partial charge in [-0.15, -0.1) is 0 Å². The second kappa shape index (κ2) is 8.53. The van der Waals surface area contributed by atoms with Crippen molar-refractivity contribution >= 4 is 29.1 Å². The van der Waals surface area contributed by atoms with E-state index in [1.807, 2.05) is 12.1 Å². The van der Waals surface area contributed by atoms with Gasteiger partial charge in [0, 0.05) is 55.0 Å². The van der Waals surface area contributed by atoms with E-state index in [-0.39, 0.29) is 30.4 Å². The molecule has 0 aliphatic carbocycles. The molecule has 2 fully saturated rings. The van der Waals surface area contributed by atoms with Gasteiger partial charge in [-0.1, -0.05) is 0 Å². The van der Waals surface area contributed by atoms with Crippen LogP contribution < -0.4 is 19.7 Å². The Morgan fingerprint density at radius 3 is 2.41 bits per heavy atom. The maximum absolute atomic E-state index is 12.9. The van der Waals surface area contributed by atoms with E-state index >= 15 is 0 Å². The zero-order chi connectivity index (χ0) is 22.1. The van der Waals surface area contributed by atoms with Crippen LogP contribution >= 0.6 is 0 Å². The van der Waals surface area contributed by atoms with Gasteiger partial charge in [-0.05, 0) is 55.7 Å². The largest absolute Gasteiger partial charge is 0.454 e. The third-order valence-corrected chi connectivity index (χ3v) is 6.29. The summed E-state index contributed by atoms with van der Waals surface area (Å²) in [7, 11) is 0. The van der Waals surface area contributed by atoms with Crippen LogP contribution in [0, 0.1) is 5.92 Å². The van der Waals surface area contributed by atoms with Crippen LogP contribution in [0.1, 0.15) is 36.0 Å². The topological polar surface area (TPSA) is 88.2 Å². The van der Waals surface area contributed by atoms with Gasteiger partial charge in [-0.25, -0.2) is 0 Å². The van der Waals surface area contributed by atoms with Crippen LogP contribution in [0.25, 0.3) is 0 Å². The minimum atomic E-state index is -0.145. The number of amides is 3. The number of carbonyl (C=O) groups excluding carboxylic acids is 3. The highest BCUT2D eigenvalue weighted by atomic mass is 16.7. The molecule has 8 nitrogen and oxygen atoms in total. The normalized spacial score (nSPS) is 18.2. The summed E-state index contributed by atoms with van der Waals surface area (Å²) in [6, 6.07) is 12.6. The molecular weight excluding hydrogens is 410 g/mol. The standard InChI is InChI=1S/C24H25N3O5/c28-22-2-1-11-27(22)19-6-3-17(4-7-19)24(30)26-12-9-16(10-13-26)23(29)25-18-5-8-20-21(14-18)32-15-31-20/h3-8,14,16H,1-2,9-13,15H2,(H,25,29). The number of hydrogen-bond donors (Lipinski definition) is 1. The van der Waals surface area contributed by atoms with Crippen LogP contribution in [-0.4, -0.2) is 49.0 Å². The molecule has 0 aromatic heterocycles. The smallest absolute Gasteiger partial charge is 0.253 e. The lowest BCUT2D eigenvalue weighted by atomic mass is 9.95. The summed E-state index contributed by atoms with van der Waals surface area (Å²) in [5.74, 6) is 1.20. The van der Waals surface area contributed by atoms with E-state index in [0.717, 1.165) is 18.7 Å². The van der Waals surface area contributed by atoms with E-state index in [2.05, 4.69) is 5.32 Å². The number of nitrogens with one attached hydrogen (secondary N) is 1. The van der Waals surface area contributed by atoms with Gasteiger partial charge in [-0.3, -0.25) is 14.4 Å². The molecule has 0 unspecified atom stereocenters. The van der Waals surface area contributed by atoms with Crippen molar-refractivity contribution in [1.82, 2.24) is 4.90 Å². The van der Waals surface area contributed by atoms with Gasteiger partial charge in [0.2, 0.25) is 18.6 Å². The highest BCUT2D eigenvalue weighted by molar-refractivity contribution is 5.98. The molecule has 0 radical (unpaired) electrons. The van der Waals surface area contributed by atoms with Crippen molar-refractivity contribution in [2.24, 2.45) is 5.92 Å².